The number of carbonyl (C=O) groups is 1. The molecule has 1 saturated heterocycles. The van der Waals surface area contributed by atoms with E-state index in [0.29, 0.717) is 41.9 Å². The first-order chi connectivity index (χ1) is 10.6. The molecule has 22 heavy (non-hydrogen) atoms. The Morgan fingerprint density at radius 1 is 1.23 bits per heavy atom. The zero-order valence-electron chi connectivity index (χ0n) is 12.5. The van der Waals surface area contributed by atoms with E-state index in [4.69, 9.17) is 9.26 Å². The number of aryl methyl sites for hydroxylation is 2. The summed E-state index contributed by atoms with van der Waals surface area (Å²) in [6.07, 6.45) is 3.18. The fourth-order valence-corrected chi connectivity index (χ4v) is 2.31. The average molecular weight is 303 g/mol. The summed E-state index contributed by atoms with van der Waals surface area (Å²) in [5.41, 5.74) is 1.53. The quantitative estimate of drug-likeness (QED) is 0.909. The van der Waals surface area contributed by atoms with Crippen molar-refractivity contribution in [3.05, 3.63) is 29.4 Å². The van der Waals surface area contributed by atoms with Crippen molar-refractivity contribution in [2.75, 3.05) is 36.5 Å². The highest BCUT2D eigenvalue weighted by atomic mass is 16.5. The van der Waals surface area contributed by atoms with Gasteiger partial charge in [-0.2, -0.15) is 0 Å². The van der Waals surface area contributed by atoms with Crippen molar-refractivity contribution in [2.45, 2.75) is 13.8 Å². The Balaban J connectivity index is 1.69. The lowest BCUT2D eigenvalue weighted by Gasteiger charge is -2.26. The highest BCUT2D eigenvalue weighted by molar-refractivity contribution is 6.05. The molecule has 0 unspecified atom stereocenters. The minimum atomic E-state index is -0.279. The van der Waals surface area contributed by atoms with Crippen LogP contribution in [0.1, 0.15) is 21.8 Å². The average Bonchev–Trinajstić information content (AvgIpc) is 2.88. The number of anilines is 2. The first kappa shape index (κ1) is 14.5. The van der Waals surface area contributed by atoms with Gasteiger partial charge in [0.2, 0.25) is 5.95 Å². The van der Waals surface area contributed by atoms with Gasteiger partial charge in [0.25, 0.3) is 5.91 Å². The van der Waals surface area contributed by atoms with Crippen LogP contribution < -0.4 is 10.2 Å². The molecule has 8 nitrogen and oxygen atoms in total. The monoisotopic (exact) mass is 303 g/mol. The van der Waals surface area contributed by atoms with Gasteiger partial charge in [-0.15, -0.1) is 0 Å². The van der Waals surface area contributed by atoms with Gasteiger partial charge in [0, 0.05) is 13.1 Å². The molecule has 0 aromatic carbocycles. The minimum Gasteiger partial charge on any atom is -0.378 e. The van der Waals surface area contributed by atoms with Crippen LogP contribution in [-0.2, 0) is 4.74 Å². The normalized spacial score (nSPS) is 14.9. The van der Waals surface area contributed by atoms with E-state index in [2.05, 4.69) is 20.4 Å². The molecule has 8 heteroatoms. The molecule has 3 heterocycles. The summed E-state index contributed by atoms with van der Waals surface area (Å²) < 4.78 is 10.3. The summed E-state index contributed by atoms with van der Waals surface area (Å²) in [5, 5.41) is 6.52. The molecule has 0 aliphatic carbocycles. The lowest BCUT2D eigenvalue weighted by atomic mass is 10.2. The molecule has 1 fully saturated rings. The molecule has 116 valence electrons. The van der Waals surface area contributed by atoms with Crippen LogP contribution in [0, 0.1) is 13.8 Å². The summed E-state index contributed by atoms with van der Waals surface area (Å²) in [6.45, 7) is 6.31. The van der Waals surface area contributed by atoms with E-state index in [1.54, 1.807) is 26.2 Å². The second-order valence-corrected chi connectivity index (χ2v) is 5.02. The number of carbonyl (C=O) groups excluding carboxylic acids is 1. The van der Waals surface area contributed by atoms with Gasteiger partial charge in [-0.1, -0.05) is 5.16 Å². The standard InChI is InChI=1S/C14H17N5O3/c1-9-12(10(2)22-18-9)13(20)17-11-7-15-14(16-8-11)19-3-5-21-6-4-19/h7-8H,3-6H2,1-2H3,(H,17,20). The molecule has 2 aromatic rings. The Bertz CT molecular complexity index is 642. The maximum absolute atomic E-state index is 12.2. The largest absolute Gasteiger partial charge is 0.378 e. The fourth-order valence-electron chi connectivity index (χ4n) is 2.31. The smallest absolute Gasteiger partial charge is 0.261 e. The molecule has 1 N–H and O–H groups in total. The Morgan fingerprint density at radius 2 is 1.91 bits per heavy atom. The van der Waals surface area contributed by atoms with Gasteiger partial charge in [-0.25, -0.2) is 9.97 Å². The summed E-state index contributed by atoms with van der Waals surface area (Å²) in [4.78, 5) is 22.8. The number of rotatable bonds is 3. The summed E-state index contributed by atoms with van der Waals surface area (Å²) in [7, 11) is 0. The van der Waals surface area contributed by atoms with Crippen LogP contribution in [0.3, 0.4) is 0 Å². The molecule has 3 rings (SSSR count). The number of amides is 1. The lowest BCUT2D eigenvalue weighted by Crippen LogP contribution is -2.37. The molecular formula is C14H17N5O3. The van der Waals surface area contributed by atoms with Crippen molar-refractivity contribution in [3.8, 4) is 0 Å². The van der Waals surface area contributed by atoms with Gasteiger partial charge in [0.15, 0.2) is 0 Å². The molecule has 0 bridgehead atoms. The number of morpholine rings is 1. The number of nitrogens with zero attached hydrogens (tertiary/aromatic N) is 4. The van der Waals surface area contributed by atoms with Gasteiger partial charge in [-0.3, -0.25) is 4.79 Å². The Labute approximate surface area is 127 Å². The van der Waals surface area contributed by atoms with Crippen LogP contribution in [0.15, 0.2) is 16.9 Å². The van der Waals surface area contributed by atoms with Crippen molar-refractivity contribution in [1.29, 1.82) is 0 Å². The zero-order valence-corrected chi connectivity index (χ0v) is 12.5. The molecule has 1 aliphatic rings. The van der Waals surface area contributed by atoms with E-state index in [1.165, 1.54) is 0 Å². The first-order valence-electron chi connectivity index (χ1n) is 7.04. The SMILES string of the molecule is Cc1noc(C)c1C(=O)Nc1cnc(N2CCOCC2)nc1. The topological polar surface area (TPSA) is 93.4 Å². The highest BCUT2D eigenvalue weighted by Gasteiger charge is 2.18. The third-order valence-corrected chi connectivity index (χ3v) is 3.45. The second kappa shape index (κ2) is 6.10. The van der Waals surface area contributed by atoms with E-state index in [0.717, 1.165) is 13.1 Å². The minimum absolute atomic E-state index is 0.279. The molecule has 1 aliphatic heterocycles. The van der Waals surface area contributed by atoms with Crippen molar-refractivity contribution < 1.29 is 14.1 Å². The predicted molar refractivity (Wildman–Crippen MR) is 79.0 cm³/mol. The summed E-state index contributed by atoms with van der Waals surface area (Å²) in [5.74, 6) is 0.846. The number of hydrogen-bond donors (Lipinski definition) is 1. The van der Waals surface area contributed by atoms with Crippen molar-refractivity contribution in [3.63, 3.8) is 0 Å². The molecule has 0 spiro atoms. The van der Waals surface area contributed by atoms with Crippen LogP contribution in [0.25, 0.3) is 0 Å². The van der Waals surface area contributed by atoms with E-state index >= 15 is 0 Å². The fraction of sp³-hybridized carbons (Fsp3) is 0.429. The number of hydrogen-bond acceptors (Lipinski definition) is 7. The van der Waals surface area contributed by atoms with Gasteiger partial charge >= 0.3 is 0 Å². The number of ether oxygens (including phenoxy) is 1. The van der Waals surface area contributed by atoms with Gasteiger partial charge < -0.3 is 19.5 Å². The highest BCUT2D eigenvalue weighted by Crippen LogP contribution is 2.16. The van der Waals surface area contributed by atoms with Gasteiger partial charge in [-0.05, 0) is 13.8 Å². The number of nitrogens with one attached hydrogen (secondary N) is 1. The molecule has 0 radical (unpaired) electrons. The summed E-state index contributed by atoms with van der Waals surface area (Å²) >= 11 is 0. The van der Waals surface area contributed by atoms with Gasteiger partial charge in [0.1, 0.15) is 11.3 Å². The lowest BCUT2D eigenvalue weighted by molar-refractivity contribution is 0.102. The molecule has 0 atom stereocenters. The Hall–Kier alpha value is -2.48. The zero-order chi connectivity index (χ0) is 15.5. The maximum atomic E-state index is 12.2. The second-order valence-electron chi connectivity index (χ2n) is 5.02. The van der Waals surface area contributed by atoms with Crippen LogP contribution in [-0.4, -0.2) is 47.3 Å². The van der Waals surface area contributed by atoms with Crippen LogP contribution in [0.4, 0.5) is 11.6 Å². The van der Waals surface area contributed by atoms with E-state index in [9.17, 15) is 4.79 Å². The Morgan fingerprint density at radius 3 is 2.50 bits per heavy atom. The molecule has 1 amide bonds. The molecule has 2 aromatic heterocycles. The predicted octanol–water partition coefficient (Wildman–Crippen LogP) is 1.17. The summed E-state index contributed by atoms with van der Waals surface area (Å²) in [6, 6.07) is 0. The van der Waals surface area contributed by atoms with Crippen molar-refractivity contribution in [1.82, 2.24) is 15.1 Å². The van der Waals surface area contributed by atoms with Crippen LogP contribution >= 0.6 is 0 Å². The van der Waals surface area contributed by atoms with Crippen LogP contribution in [0.2, 0.25) is 0 Å². The van der Waals surface area contributed by atoms with E-state index in [1.807, 2.05) is 4.90 Å². The third-order valence-electron chi connectivity index (χ3n) is 3.45. The maximum Gasteiger partial charge on any atom is 0.261 e. The van der Waals surface area contributed by atoms with E-state index in [-0.39, 0.29) is 5.91 Å². The van der Waals surface area contributed by atoms with Crippen LogP contribution in [0.5, 0.6) is 0 Å². The number of aromatic nitrogens is 3. The molecule has 0 saturated carbocycles. The van der Waals surface area contributed by atoms with Gasteiger partial charge in [0.05, 0.1) is 37.0 Å². The third kappa shape index (κ3) is 2.91. The molecular weight excluding hydrogens is 286 g/mol. The first-order valence-corrected chi connectivity index (χ1v) is 7.04. The van der Waals surface area contributed by atoms with Crippen molar-refractivity contribution in [2.24, 2.45) is 0 Å². The Kier molecular flexibility index (Phi) is 4.01. The van der Waals surface area contributed by atoms with Crippen molar-refractivity contribution >= 4 is 17.5 Å². The van der Waals surface area contributed by atoms with E-state index < -0.39 is 0 Å².